The molecule has 0 aliphatic rings. The molecule has 0 saturated carbocycles. The summed E-state index contributed by atoms with van der Waals surface area (Å²) in [5, 5.41) is 0. The number of hydrogen-bond acceptors (Lipinski definition) is 3. The number of hydrogen-bond donors (Lipinski definition) is 0. The summed E-state index contributed by atoms with van der Waals surface area (Å²) in [6.45, 7) is 15.7. The molecule has 2 atom stereocenters. The highest BCUT2D eigenvalue weighted by Gasteiger charge is 2.31. The van der Waals surface area contributed by atoms with Gasteiger partial charge in [-0.15, -0.1) is 0 Å². The minimum Gasteiger partial charge on any atom is -0.499 e. The van der Waals surface area contributed by atoms with Crippen LogP contribution in [0.15, 0.2) is 12.3 Å². The molecule has 2 unspecified atom stereocenters. The van der Waals surface area contributed by atoms with E-state index in [2.05, 4.69) is 27.4 Å². The van der Waals surface area contributed by atoms with Crippen molar-refractivity contribution in [1.29, 1.82) is 0 Å². The fraction of sp³-hybridized carbons (Fsp3) is 0.864. The molecule has 0 radical (unpaired) electrons. The summed E-state index contributed by atoms with van der Waals surface area (Å²) in [6, 6.07) is 0. The molecule has 0 aliphatic heterocycles. The third-order valence-electron chi connectivity index (χ3n) is 5.19. The molecule has 3 nitrogen and oxygen atoms in total. The van der Waals surface area contributed by atoms with Gasteiger partial charge >= 0.3 is 0 Å². The van der Waals surface area contributed by atoms with Crippen LogP contribution in [0.2, 0.25) is 0 Å². The smallest absolute Gasteiger partial charge is 0.164 e. The van der Waals surface area contributed by atoms with Gasteiger partial charge in [0.2, 0.25) is 0 Å². The zero-order valence-corrected chi connectivity index (χ0v) is 17.5. The molecule has 0 aromatic rings. The van der Waals surface area contributed by atoms with Crippen LogP contribution in [-0.4, -0.2) is 24.6 Å². The van der Waals surface area contributed by atoms with Crippen molar-refractivity contribution >= 4 is 5.78 Å². The maximum Gasteiger partial charge on any atom is 0.164 e. The van der Waals surface area contributed by atoms with Crippen molar-refractivity contribution in [1.82, 2.24) is 0 Å². The average Bonchev–Trinajstić information content (AvgIpc) is 2.63. The predicted octanol–water partition coefficient (Wildman–Crippen LogP) is 6.46. The Labute approximate surface area is 156 Å². The first-order valence-corrected chi connectivity index (χ1v) is 10.4. The summed E-state index contributed by atoms with van der Waals surface area (Å²) in [6.07, 6.45) is 9.89. The van der Waals surface area contributed by atoms with Crippen molar-refractivity contribution in [3.63, 3.8) is 0 Å². The molecule has 0 heterocycles. The Morgan fingerprint density at radius 3 is 2.36 bits per heavy atom. The SMILES string of the molecule is C=C(CC)OCCCCCC(=O)C(C)(CC)OCC(CC)CCCC. The number of ketones is 1. The van der Waals surface area contributed by atoms with Crippen LogP contribution in [0.4, 0.5) is 0 Å². The summed E-state index contributed by atoms with van der Waals surface area (Å²) in [5.41, 5.74) is -0.618. The fourth-order valence-electron chi connectivity index (χ4n) is 2.73. The summed E-state index contributed by atoms with van der Waals surface area (Å²) >= 11 is 0. The summed E-state index contributed by atoms with van der Waals surface area (Å²) in [5.74, 6) is 1.67. The van der Waals surface area contributed by atoms with Crippen LogP contribution in [0, 0.1) is 5.92 Å². The van der Waals surface area contributed by atoms with E-state index in [1.807, 2.05) is 13.8 Å². The largest absolute Gasteiger partial charge is 0.499 e. The topological polar surface area (TPSA) is 35.5 Å². The number of allylic oxidation sites excluding steroid dienone is 1. The van der Waals surface area contributed by atoms with Crippen molar-refractivity contribution in [3.05, 3.63) is 12.3 Å². The Kier molecular flexibility index (Phi) is 13.9. The molecule has 0 amide bonds. The Balaban J connectivity index is 4.14. The lowest BCUT2D eigenvalue weighted by molar-refractivity contribution is -0.145. The van der Waals surface area contributed by atoms with E-state index < -0.39 is 5.60 Å². The highest BCUT2D eigenvalue weighted by Crippen LogP contribution is 2.23. The molecule has 0 rings (SSSR count). The maximum absolute atomic E-state index is 12.6. The Hall–Kier alpha value is -0.830. The monoisotopic (exact) mass is 354 g/mol. The molecule has 148 valence electrons. The molecule has 0 aromatic heterocycles. The molecule has 0 spiro atoms. The molecule has 0 fully saturated rings. The Morgan fingerprint density at radius 2 is 1.80 bits per heavy atom. The first kappa shape index (κ1) is 24.2. The van der Waals surface area contributed by atoms with Gasteiger partial charge < -0.3 is 9.47 Å². The second kappa shape index (κ2) is 14.4. The standard InChI is InChI=1S/C22H42O3/c1-7-11-15-20(9-3)18-25-22(6,10-4)21(23)16-13-12-14-17-24-19(5)8-2/h20H,5,7-18H2,1-4,6H3. The van der Waals surface area contributed by atoms with Crippen molar-refractivity contribution in [3.8, 4) is 0 Å². The number of ether oxygens (including phenoxy) is 2. The van der Waals surface area contributed by atoms with E-state index in [1.54, 1.807) is 0 Å². The van der Waals surface area contributed by atoms with Crippen molar-refractivity contribution in [2.75, 3.05) is 13.2 Å². The molecular weight excluding hydrogens is 312 g/mol. The molecule has 0 aromatic carbocycles. The number of Topliss-reactive ketones (excluding diaryl/α,β-unsaturated/α-hetero) is 1. The number of carbonyl (C=O) groups is 1. The van der Waals surface area contributed by atoms with Gasteiger partial charge in [0, 0.05) is 12.8 Å². The van der Waals surface area contributed by atoms with Gasteiger partial charge in [-0.1, -0.05) is 53.5 Å². The van der Waals surface area contributed by atoms with Crippen LogP contribution in [-0.2, 0) is 14.3 Å². The Morgan fingerprint density at radius 1 is 1.08 bits per heavy atom. The lowest BCUT2D eigenvalue weighted by Crippen LogP contribution is -2.39. The second-order valence-electron chi connectivity index (χ2n) is 7.29. The average molecular weight is 355 g/mol. The predicted molar refractivity (Wildman–Crippen MR) is 107 cm³/mol. The Bertz CT molecular complexity index is 364. The zero-order valence-electron chi connectivity index (χ0n) is 17.5. The summed E-state index contributed by atoms with van der Waals surface area (Å²) < 4.78 is 11.6. The highest BCUT2D eigenvalue weighted by molar-refractivity contribution is 5.86. The van der Waals surface area contributed by atoms with E-state index in [0.717, 1.165) is 44.3 Å². The van der Waals surface area contributed by atoms with Gasteiger partial charge in [-0.3, -0.25) is 4.79 Å². The first-order chi connectivity index (χ1) is 11.9. The van der Waals surface area contributed by atoms with E-state index in [1.165, 1.54) is 19.3 Å². The highest BCUT2D eigenvalue weighted by atomic mass is 16.5. The maximum atomic E-state index is 12.6. The fourth-order valence-corrected chi connectivity index (χ4v) is 2.73. The number of unbranched alkanes of at least 4 members (excludes halogenated alkanes) is 3. The zero-order chi connectivity index (χ0) is 19.1. The second-order valence-corrected chi connectivity index (χ2v) is 7.29. The quantitative estimate of drug-likeness (QED) is 0.222. The van der Waals surface area contributed by atoms with Crippen LogP contribution in [0.25, 0.3) is 0 Å². The van der Waals surface area contributed by atoms with Crippen molar-refractivity contribution in [2.45, 2.75) is 104 Å². The van der Waals surface area contributed by atoms with E-state index in [-0.39, 0.29) is 5.78 Å². The molecule has 0 aliphatic carbocycles. The molecule has 3 heteroatoms. The van der Waals surface area contributed by atoms with Gasteiger partial charge in [0.25, 0.3) is 0 Å². The van der Waals surface area contributed by atoms with Crippen LogP contribution < -0.4 is 0 Å². The van der Waals surface area contributed by atoms with Crippen molar-refractivity contribution < 1.29 is 14.3 Å². The van der Waals surface area contributed by atoms with E-state index in [0.29, 0.717) is 25.6 Å². The number of carbonyl (C=O) groups excluding carboxylic acids is 1. The minimum absolute atomic E-state index is 0.249. The molecule has 0 saturated heterocycles. The summed E-state index contributed by atoms with van der Waals surface area (Å²) in [7, 11) is 0. The van der Waals surface area contributed by atoms with Crippen LogP contribution >= 0.6 is 0 Å². The van der Waals surface area contributed by atoms with Crippen LogP contribution in [0.1, 0.15) is 98.8 Å². The van der Waals surface area contributed by atoms with Crippen molar-refractivity contribution in [2.24, 2.45) is 5.92 Å². The van der Waals surface area contributed by atoms with Gasteiger partial charge in [0.1, 0.15) is 5.60 Å². The van der Waals surface area contributed by atoms with E-state index >= 15 is 0 Å². The third kappa shape index (κ3) is 10.7. The van der Waals surface area contributed by atoms with Crippen LogP contribution in [0.3, 0.4) is 0 Å². The van der Waals surface area contributed by atoms with Crippen LogP contribution in [0.5, 0.6) is 0 Å². The van der Waals surface area contributed by atoms with E-state index in [9.17, 15) is 4.79 Å². The first-order valence-electron chi connectivity index (χ1n) is 10.4. The van der Waals surface area contributed by atoms with Gasteiger partial charge in [-0.05, 0) is 44.9 Å². The molecule has 0 N–H and O–H groups in total. The molecular formula is C22H42O3. The van der Waals surface area contributed by atoms with Gasteiger partial charge in [0.05, 0.1) is 19.0 Å². The summed E-state index contributed by atoms with van der Waals surface area (Å²) in [4.78, 5) is 12.6. The van der Waals surface area contributed by atoms with Gasteiger partial charge in [-0.25, -0.2) is 0 Å². The third-order valence-corrected chi connectivity index (χ3v) is 5.19. The lowest BCUT2D eigenvalue weighted by atomic mass is 9.92. The lowest BCUT2D eigenvalue weighted by Gasteiger charge is -2.29. The number of rotatable bonds is 17. The van der Waals surface area contributed by atoms with Gasteiger partial charge in [0.15, 0.2) is 5.78 Å². The van der Waals surface area contributed by atoms with Gasteiger partial charge in [-0.2, -0.15) is 0 Å². The molecule has 0 bridgehead atoms. The molecule has 25 heavy (non-hydrogen) atoms. The minimum atomic E-state index is -0.618. The van der Waals surface area contributed by atoms with E-state index in [4.69, 9.17) is 9.47 Å². The normalized spacial score (nSPS) is 14.8.